The molecule has 0 aromatic carbocycles. The molecule has 2 heterocycles. The molecular formula is C14H16ClN3O5S2. The summed E-state index contributed by atoms with van der Waals surface area (Å²) in [4.78, 5) is 24.1. The fraction of sp³-hybridized carbons (Fsp3) is 0.357. The second-order valence-electron chi connectivity index (χ2n) is 5.11. The summed E-state index contributed by atoms with van der Waals surface area (Å²) in [6.07, 6.45) is 0. The van der Waals surface area contributed by atoms with Gasteiger partial charge >= 0.3 is 12.0 Å². The number of aliphatic hydroxyl groups is 1. The molecular weight excluding hydrogens is 390 g/mol. The zero-order valence-corrected chi connectivity index (χ0v) is 15.5. The van der Waals surface area contributed by atoms with Gasteiger partial charge in [-0.25, -0.2) is 9.59 Å². The smallest absolute Gasteiger partial charge is 0.344 e. The van der Waals surface area contributed by atoms with E-state index >= 15 is 0 Å². The van der Waals surface area contributed by atoms with Gasteiger partial charge in [0.2, 0.25) is 5.88 Å². The van der Waals surface area contributed by atoms with Crippen LogP contribution in [0.2, 0.25) is 4.34 Å². The second kappa shape index (κ2) is 8.99. The molecule has 2 aromatic rings. The summed E-state index contributed by atoms with van der Waals surface area (Å²) in [7, 11) is 0. The van der Waals surface area contributed by atoms with Crippen molar-refractivity contribution in [1.82, 2.24) is 9.69 Å². The first kappa shape index (κ1) is 19.4. The molecule has 0 fully saturated rings. The third-order valence-electron chi connectivity index (χ3n) is 3.00. The van der Waals surface area contributed by atoms with Crippen molar-refractivity contribution < 1.29 is 24.5 Å². The van der Waals surface area contributed by atoms with E-state index in [2.05, 4.69) is 15.0 Å². The summed E-state index contributed by atoms with van der Waals surface area (Å²) in [5.74, 6) is -1.43. The summed E-state index contributed by atoms with van der Waals surface area (Å²) < 4.78 is 10.00. The van der Waals surface area contributed by atoms with Crippen LogP contribution in [-0.2, 0) is 6.61 Å². The van der Waals surface area contributed by atoms with Crippen LogP contribution < -0.4 is 15.4 Å². The number of ether oxygens (including phenoxy) is 1. The van der Waals surface area contributed by atoms with Crippen LogP contribution in [0, 0.1) is 5.92 Å². The van der Waals surface area contributed by atoms with E-state index in [1.165, 1.54) is 11.3 Å². The number of rotatable bonds is 8. The Hall–Kier alpha value is -1.88. The monoisotopic (exact) mass is 405 g/mol. The van der Waals surface area contributed by atoms with Crippen molar-refractivity contribution in [2.24, 2.45) is 5.92 Å². The Balaban J connectivity index is 2.02. The Morgan fingerprint density at radius 1 is 1.44 bits per heavy atom. The number of carbonyl (C=O) groups excluding carboxylic acids is 1. The molecule has 136 valence electrons. The van der Waals surface area contributed by atoms with E-state index in [0.717, 1.165) is 16.4 Å². The number of hydrogen-bond acceptors (Lipinski definition) is 7. The maximum atomic E-state index is 11.8. The molecule has 0 saturated heterocycles. The first-order chi connectivity index (χ1) is 11.9. The van der Waals surface area contributed by atoms with Gasteiger partial charge in [0.25, 0.3) is 0 Å². The van der Waals surface area contributed by atoms with Crippen molar-refractivity contribution in [1.29, 1.82) is 0 Å². The Labute approximate surface area is 156 Å². The van der Waals surface area contributed by atoms with E-state index in [1.807, 2.05) is 0 Å². The highest BCUT2D eigenvalue weighted by Crippen LogP contribution is 2.32. The molecule has 1 atom stereocenters. The Kier molecular flexibility index (Phi) is 7.00. The molecule has 0 radical (unpaired) electrons. The molecule has 0 aliphatic heterocycles. The summed E-state index contributed by atoms with van der Waals surface area (Å²) in [5, 5.41) is 23.3. The van der Waals surface area contributed by atoms with E-state index in [4.69, 9.17) is 21.4 Å². The first-order valence-electron chi connectivity index (χ1n) is 7.16. The SMILES string of the molecule is CC(CO)CNC(=O)Nc1snc(OCc2ccc(Cl)s2)c1C(=O)O. The Morgan fingerprint density at radius 3 is 2.80 bits per heavy atom. The van der Waals surface area contributed by atoms with Gasteiger partial charge in [0.15, 0.2) is 5.56 Å². The van der Waals surface area contributed by atoms with E-state index in [9.17, 15) is 14.7 Å². The highest BCUT2D eigenvalue weighted by molar-refractivity contribution is 7.16. The van der Waals surface area contributed by atoms with Crippen LogP contribution >= 0.6 is 34.5 Å². The largest absolute Gasteiger partial charge is 0.477 e. The highest BCUT2D eigenvalue weighted by atomic mass is 35.5. The van der Waals surface area contributed by atoms with Gasteiger partial charge in [0, 0.05) is 18.0 Å². The van der Waals surface area contributed by atoms with Gasteiger partial charge in [-0.15, -0.1) is 11.3 Å². The van der Waals surface area contributed by atoms with E-state index in [0.29, 0.717) is 4.34 Å². The number of nitrogens with one attached hydrogen (secondary N) is 2. The van der Waals surface area contributed by atoms with Gasteiger partial charge in [0.05, 0.1) is 4.34 Å². The van der Waals surface area contributed by atoms with Gasteiger partial charge in [-0.2, -0.15) is 4.37 Å². The minimum atomic E-state index is -1.26. The standard InChI is InChI=1S/C14H16ClN3O5S2/c1-7(5-19)4-16-14(22)17-12-10(13(20)21)11(18-25-12)23-6-8-2-3-9(15)24-8/h2-3,7,19H,4-6H2,1H3,(H,20,21)(H2,16,17,22). The van der Waals surface area contributed by atoms with Crippen LogP contribution in [0.1, 0.15) is 22.2 Å². The molecule has 0 saturated carbocycles. The average molecular weight is 406 g/mol. The van der Waals surface area contributed by atoms with Crippen molar-refractivity contribution >= 4 is 51.5 Å². The predicted molar refractivity (Wildman–Crippen MR) is 96.0 cm³/mol. The summed E-state index contributed by atoms with van der Waals surface area (Å²) in [6.45, 7) is 2.08. The van der Waals surface area contributed by atoms with Gasteiger partial charge < -0.3 is 20.3 Å². The second-order valence-corrected chi connectivity index (χ2v) is 7.69. The zero-order valence-electron chi connectivity index (χ0n) is 13.1. The molecule has 4 N–H and O–H groups in total. The van der Waals surface area contributed by atoms with Gasteiger partial charge in [-0.1, -0.05) is 18.5 Å². The van der Waals surface area contributed by atoms with Gasteiger partial charge in [-0.3, -0.25) is 5.32 Å². The topological polar surface area (TPSA) is 121 Å². The van der Waals surface area contributed by atoms with E-state index in [-0.39, 0.29) is 42.1 Å². The lowest BCUT2D eigenvalue weighted by Crippen LogP contribution is -2.33. The molecule has 2 rings (SSSR count). The van der Waals surface area contributed by atoms with Crippen LogP contribution in [0.5, 0.6) is 5.88 Å². The minimum Gasteiger partial charge on any atom is -0.477 e. The van der Waals surface area contributed by atoms with Crippen molar-refractivity contribution in [2.45, 2.75) is 13.5 Å². The van der Waals surface area contributed by atoms with Crippen molar-refractivity contribution in [2.75, 3.05) is 18.5 Å². The van der Waals surface area contributed by atoms with Crippen LogP contribution in [0.3, 0.4) is 0 Å². The fourth-order valence-electron chi connectivity index (χ4n) is 1.70. The number of hydrogen-bond donors (Lipinski definition) is 4. The number of carboxylic acids is 1. The van der Waals surface area contributed by atoms with Crippen LogP contribution in [0.15, 0.2) is 12.1 Å². The van der Waals surface area contributed by atoms with E-state index < -0.39 is 12.0 Å². The predicted octanol–water partition coefficient (Wildman–Crippen LogP) is 2.89. The lowest BCUT2D eigenvalue weighted by atomic mass is 10.2. The number of thiophene rings is 1. The first-order valence-corrected chi connectivity index (χ1v) is 9.13. The van der Waals surface area contributed by atoms with Crippen LogP contribution in [0.25, 0.3) is 0 Å². The molecule has 1 unspecified atom stereocenters. The summed E-state index contributed by atoms with van der Waals surface area (Å²) in [6, 6.07) is 2.91. The highest BCUT2D eigenvalue weighted by Gasteiger charge is 2.23. The molecule has 11 heteroatoms. The normalized spacial score (nSPS) is 11.8. The minimum absolute atomic E-state index is 0.0636. The molecule has 2 aromatic heterocycles. The molecule has 0 spiro atoms. The number of anilines is 1. The molecule has 25 heavy (non-hydrogen) atoms. The maximum absolute atomic E-state index is 11.8. The maximum Gasteiger partial charge on any atom is 0.344 e. The number of aliphatic hydroxyl groups excluding tert-OH is 1. The van der Waals surface area contributed by atoms with Gasteiger partial charge in [-0.05, 0) is 29.6 Å². The van der Waals surface area contributed by atoms with Crippen LogP contribution in [0.4, 0.5) is 9.80 Å². The third kappa shape index (κ3) is 5.56. The number of urea groups is 1. The molecule has 0 bridgehead atoms. The number of aromatic nitrogens is 1. The number of nitrogens with zero attached hydrogens (tertiary/aromatic N) is 1. The number of carbonyl (C=O) groups is 2. The zero-order chi connectivity index (χ0) is 18.4. The summed E-state index contributed by atoms with van der Waals surface area (Å²) >= 11 is 7.96. The van der Waals surface area contributed by atoms with Gasteiger partial charge in [0.1, 0.15) is 11.6 Å². The van der Waals surface area contributed by atoms with E-state index in [1.54, 1.807) is 19.1 Å². The molecule has 0 aliphatic carbocycles. The Morgan fingerprint density at radius 2 is 2.20 bits per heavy atom. The lowest BCUT2D eigenvalue weighted by Gasteiger charge is -2.10. The molecule has 8 nitrogen and oxygen atoms in total. The molecule has 0 aliphatic rings. The summed E-state index contributed by atoms with van der Waals surface area (Å²) in [5.41, 5.74) is -0.210. The van der Waals surface area contributed by atoms with Crippen molar-refractivity contribution in [3.8, 4) is 5.88 Å². The number of carboxylic acid groups (broad SMARTS) is 1. The number of amides is 2. The Bertz CT molecular complexity index is 749. The lowest BCUT2D eigenvalue weighted by molar-refractivity contribution is 0.0693. The average Bonchev–Trinajstić information content (AvgIpc) is 3.16. The van der Waals surface area contributed by atoms with Crippen molar-refractivity contribution in [3.63, 3.8) is 0 Å². The van der Waals surface area contributed by atoms with Crippen LogP contribution in [-0.4, -0.2) is 39.7 Å². The molecule has 2 amide bonds. The number of halogens is 1. The fourth-order valence-corrected chi connectivity index (χ4v) is 3.42. The number of aromatic carboxylic acids is 1. The van der Waals surface area contributed by atoms with Crippen molar-refractivity contribution in [3.05, 3.63) is 26.9 Å². The quantitative estimate of drug-likeness (QED) is 0.535. The third-order valence-corrected chi connectivity index (χ3v) is 4.95.